The van der Waals surface area contributed by atoms with Crippen LogP contribution in [-0.4, -0.2) is 36.1 Å². The fraction of sp³-hybridized carbons (Fsp3) is 0.714. The Morgan fingerprint density at radius 3 is 1.93 bits per heavy atom. The van der Waals surface area contributed by atoms with Gasteiger partial charge in [-0.2, -0.15) is 13.2 Å². The number of nitrogens with zero attached hydrogens (tertiary/aromatic N) is 1. The number of imide groups is 1. The Labute approximate surface area is 79.1 Å². The van der Waals surface area contributed by atoms with Gasteiger partial charge >= 0.3 is 18.1 Å². The minimum atomic E-state index is -5.02. The van der Waals surface area contributed by atoms with Gasteiger partial charge in [0, 0.05) is 13.1 Å². The van der Waals surface area contributed by atoms with E-state index in [0.717, 1.165) is 4.90 Å². The van der Waals surface area contributed by atoms with Gasteiger partial charge in [0.1, 0.15) is 0 Å². The van der Waals surface area contributed by atoms with Gasteiger partial charge in [0.2, 0.25) is 0 Å². The van der Waals surface area contributed by atoms with Crippen molar-refractivity contribution in [1.29, 1.82) is 0 Å². The lowest BCUT2D eigenvalue weighted by atomic mass is 10.5. The molecule has 14 heavy (non-hydrogen) atoms. The predicted molar refractivity (Wildman–Crippen MR) is 42.5 cm³/mol. The number of alkyl halides is 3. The SMILES string of the molecule is CCN(CC)C(=O)NC(=O)C(F)(F)F. The molecule has 0 saturated carbocycles. The molecule has 0 aliphatic heterocycles. The summed E-state index contributed by atoms with van der Waals surface area (Å²) in [5.74, 6) is -2.24. The molecule has 0 aromatic heterocycles. The van der Waals surface area contributed by atoms with Gasteiger partial charge in [0.15, 0.2) is 0 Å². The number of amides is 3. The van der Waals surface area contributed by atoms with E-state index < -0.39 is 18.1 Å². The van der Waals surface area contributed by atoms with E-state index in [1.54, 1.807) is 13.8 Å². The minimum absolute atomic E-state index is 0.244. The van der Waals surface area contributed by atoms with E-state index in [-0.39, 0.29) is 13.1 Å². The van der Waals surface area contributed by atoms with Crippen LogP contribution in [-0.2, 0) is 4.79 Å². The van der Waals surface area contributed by atoms with Gasteiger partial charge in [-0.15, -0.1) is 0 Å². The molecule has 82 valence electrons. The first-order valence-corrected chi connectivity index (χ1v) is 4.00. The summed E-state index contributed by atoms with van der Waals surface area (Å²) in [6.07, 6.45) is -5.02. The van der Waals surface area contributed by atoms with Gasteiger partial charge in [-0.25, -0.2) is 4.79 Å². The van der Waals surface area contributed by atoms with E-state index in [2.05, 4.69) is 0 Å². The second-order valence-corrected chi connectivity index (χ2v) is 2.43. The van der Waals surface area contributed by atoms with Crippen molar-refractivity contribution < 1.29 is 22.8 Å². The number of rotatable bonds is 2. The molecule has 0 radical (unpaired) electrons. The molecule has 0 heterocycles. The summed E-state index contributed by atoms with van der Waals surface area (Å²) in [5.41, 5.74) is 0. The Morgan fingerprint density at radius 2 is 1.64 bits per heavy atom. The highest BCUT2D eigenvalue weighted by molar-refractivity contribution is 5.97. The molecule has 0 atom stereocenters. The lowest BCUT2D eigenvalue weighted by Crippen LogP contribution is -2.47. The number of hydrogen-bond donors (Lipinski definition) is 1. The lowest BCUT2D eigenvalue weighted by Gasteiger charge is -2.18. The zero-order valence-electron chi connectivity index (χ0n) is 7.81. The predicted octanol–water partition coefficient (Wildman–Crippen LogP) is 1.13. The fourth-order valence-electron chi connectivity index (χ4n) is 0.758. The zero-order chi connectivity index (χ0) is 11.4. The van der Waals surface area contributed by atoms with Gasteiger partial charge in [0.25, 0.3) is 0 Å². The van der Waals surface area contributed by atoms with E-state index in [9.17, 15) is 22.8 Å². The van der Waals surface area contributed by atoms with E-state index >= 15 is 0 Å². The van der Waals surface area contributed by atoms with Crippen molar-refractivity contribution in [3.8, 4) is 0 Å². The maximum Gasteiger partial charge on any atom is 0.471 e. The molecule has 0 fully saturated rings. The molecule has 0 aliphatic carbocycles. The number of hydrogen-bond acceptors (Lipinski definition) is 2. The molecule has 0 rings (SSSR count). The van der Waals surface area contributed by atoms with E-state index in [1.807, 2.05) is 0 Å². The molecule has 7 heteroatoms. The highest BCUT2D eigenvalue weighted by Gasteiger charge is 2.40. The van der Waals surface area contributed by atoms with Crippen molar-refractivity contribution in [3.05, 3.63) is 0 Å². The second-order valence-electron chi connectivity index (χ2n) is 2.43. The van der Waals surface area contributed by atoms with Crippen LogP contribution >= 0.6 is 0 Å². The Kier molecular flexibility index (Phi) is 4.39. The molecule has 0 saturated heterocycles. The van der Waals surface area contributed by atoms with Gasteiger partial charge in [-0.1, -0.05) is 0 Å². The van der Waals surface area contributed by atoms with Crippen LogP contribution in [0.5, 0.6) is 0 Å². The Morgan fingerprint density at radius 1 is 1.21 bits per heavy atom. The molecule has 0 unspecified atom stereocenters. The van der Waals surface area contributed by atoms with Crippen LogP contribution in [0.3, 0.4) is 0 Å². The largest absolute Gasteiger partial charge is 0.471 e. The van der Waals surface area contributed by atoms with Gasteiger partial charge in [-0.3, -0.25) is 10.1 Å². The van der Waals surface area contributed by atoms with Crippen molar-refractivity contribution in [2.24, 2.45) is 0 Å². The zero-order valence-corrected chi connectivity index (χ0v) is 7.81. The quantitative estimate of drug-likeness (QED) is 0.745. The third kappa shape index (κ3) is 3.63. The van der Waals surface area contributed by atoms with E-state index in [0.29, 0.717) is 0 Å². The molecule has 0 aromatic carbocycles. The van der Waals surface area contributed by atoms with Crippen LogP contribution in [0.4, 0.5) is 18.0 Å². The summed E-state index contributed by atoms with van der Waals surface area (Å²) in [6, 6.07) is -1.03. The van der Waals surface area contributed by atoms with Crippen molar-refractivity contribution in [2.45, 2.75) is 20.0 Å². The summed E-state index contributed by atoms with van der Waals surface area (Å²) in [5, 5.41) is 1.24. The average molecular weight is 212 g/mol. The van der Waals surface area contributed by atoms with Gasteiger partial charge < -0.3 is 4.90 Å². The summed E-state index contributed by atoms with van der Waals surface area (Å²) in [7, 11) is 0. The smallest absolute Gasteiger partial charge is 0.325 e. The first kappa shape index (κ1) is 12.7. The topological polar surface area (TPSA) is 49.4 Å². The van der Waals surface area contributed by atoms with Crippen LogP contribution in [0.1, 0.15) is 13.8 Å². The van der Waals surface area contributed by atoms with Crippen molar-refractivity contribution in [1.82, 2.24) is 10.2 Å². The van der Waals surface area contributed by atoms with Crippen LogP contribution in [0.2, 0.25) is 0 Å². The maximum absolute atomic E-state index is 11.7. The van der Waals surface area contributed by atoms with Crippen molar-refractivity contribution in [2.75, 3.05) is 13.1 Å². The Balaban J connectivity index is 4.26. The second kappa shape index (κ2) is 4.83. The Hall–Kier alpha value is -1.27. The summed E-state index contributed by atoms with van der Waals surface area (Å²) in [4.78, 5) is 22.4. The number of halogens is 3. The number of carbonyl (C=O) groups is 2. The van der Waals surface area contributed by atoms with Crippen LogP contribution in [0, 0.1) is 0 Å². The highest BCUT2D eigenvalue weighted by atomic mass is 19.4. The first-order valence-electron chi connectivity index (χ1n) is 4.00. The number of urea groups is 1. The standard InChI is InChI=1S/C7H11F3N2O2/c1-3-12(4-2)6(14)11-5(13)7(8,9)10/h3-4H2,1-2H3,(H,11,13,14). The Bertz CT molecular complexity index is 223. The molecular weight excluding hydrogens is 201 g/mol. The van der Waals surface area contributed by atoms with Crippen molar-refractivity contribution in [3.63, 3.8) is 0 Å². The normalized spacial score (nSPS) is 10.9. The number of nitrogens with one attached hydrogen (secondary N) is 1. The monoisotopic (exact) mass is 212 g/mol. The molecule has 1 N–H and O–H groups in total. The summed E-state index contributed by atoms with van der Waals surface area (Å²) in [6.45, 7) is 3.68. The molecule has 0 spiro atoms. The molecule has 0 bridgehead atoms. The highest BCUT2D eigenvalue weighted by Crippen LogP contribution is 2.14. The first-order chi connectivity index (χ1) is 6.32. The molecule has 0 aliphatic rings. The van der Waals surface area contributed by atoms with Gasteiger partial charge in [-0.05, 0) is 13.8 Å². The average Bonchev–Trinajstić information content (AvgIpc) is 2.04. The molecule has 0 aromatic rings. The lowest BCUT2D eigenvalue weighted by molar-refractivity contribution is -0.172. The maximum atomic E-state index is 11.7. The number of carbonyl (C=O) groups excluding carboxylic acids is 2. The van der Waals surface area contributed by atoms with Crippen LogP contribution in [0.25, 0.3) is 0 Å². The van der Waals surface area contributed by atoms with E-state index in [1.165, 1.54) is 5.32 Å². The molecule has 4 nitrogen and oxygen atoms in total. The fourth-order valence-corrected chi connectivity index (χ4v) is 0.758. The molecular formula is C7H11F3N2O2. The summed E-state index contributed by atoms with van der Waals surface area (Å²) >= 11 is 0. The van der Waals surface area contributed by atoms with Crippen LogP contribution < -0.4 is 5.32 Å². The minimum Gasteiger partial charge on any atom is -0.325 e. The molecule has 3 amide bonds. The third-order valence-electron chi connectivity index (χ3n) is 1.53. The third-order valence-corrected chi connectivity index (χ3v) is 1.53. The van der Waals surface area contributed by atoms with Gasteiger partial charge in [0.05, 0.1) is 0 Å². The van der Waals surface area contributed by atoms with Crippen LogP contribution in [0.15, 0.2) is 0 Å². The summed E-state index contributed by atoms with van der Waals surface area (Å²) < 4.78 is 35.1. The van der Waals surface area contributed by atoms with Crippen molar-refractivity contribution >= 4 is 11.9 Å². The van der Waals surface area contributed by atoms with E-state index in [4.69, 9.17) is 0 Å².